The van der Waals surface area contributed by atoms with E-state index in [-0.39, 0.29) is 17.6 Å². The lowest BCUT2D eigenvalue weighted by molar-refractivity contribution is 0.336. The number of sulfonamides is 1. The van der Waals surface area contributed by atoms with Crippen molar-refractivity contribution in [3.8, 4) is 0 Å². The average Bonchev–Trinajstić information content (AvgIpc) is 2.51. The summed E-state index contributed by atoms with van der Waals surface area (Å²) in [5.41, 5.74) is 0.216. The quantitative estimate of drug-likeness (QED) is 0.767. The molecular formula is C17H25F3N2O2S. The van der Waals surface area contributed by atoms with Gasteiger partial charge in [0.15, 0.2) is 17.5 Å². The van der Waals surface area contributed by atoms with E-state index in [9.17, 15) is 21.6 Å². The minimum absolute atomic E-state index is 0.0275. The molecule has 1 fully saturated rings. The number of hydrogen-bond acceptors (Lipinski definition) is 3. The van der Waals surface area contributed by atoms with Gasteiger partial charge in [0, 0.05) is 30.4 Å². The standard InChI is InChI=1S/C17H25F3N2O2S/c1-17(2,3)25(23,24)21-10-11-4-6-12(7-5-11)22-13-8-14(18)16(20)15(19)9-13/h8-9,11-12,21-22H,4-7,10H2,1-3H3/t11-,12-. The van der Waals surface area contributed by atoms with Crippen LogP contribution < -0.4 is 10.0 Å². The van der Waals surface area contributed by atoms with Crippen LogP contribution in [0.4, 0.5) is 18.9 Å². The smallest absolute Gasteiger partial charge is 0.216 e. The van der Waals surface area contributed by atoms with Gasteiger partial charge >= 0.3 is 0 Å². The Balaban J connectivity index is 1.84. The summed E-state index contributed by atoms with van der Waals surface area (Å²) in [6, 6.07) is 1.92. The number of nitrogens with one attached hydrogen (secondary N) is 2. The molecule has 0 bridgehead atoms. The van der Waals surface area contributed by atoms with Crippen molar-refractivity contribution in [2.45, 2.75) is 57.2 Å². The summed E-state index contributed by atoms with van der Waals surface area (Å²) in [5.74, 6) is -3.67. The Labute approximate surface area is 147 Å². The lowest BCUT2D eigenvalue weighted by Crippen LogP contribution is -2.42. The van der Waals surface area contributed by atoms with Gasteiger partial charge in [-0.2, -0.15) is 0 Å². The van der Waals surface area contributed by atoms with Crippen LogP contribution in [-0.4, -0.2) is 25.8 Å². The van der Waals surface area contributed by atoms with Gasteiger partial charge in [-0.25, -0.2) is 26.3 Å². The van der Waals surface area contributed by atoms with Crippen LogP contribution in [0.25, 0.3) is 0 Å². The van der Waals surface area contributed by atoms with Gasteiger partial charge in [0.05, 0.1) is 4.75 Å². The molecule has 0 amide bonds. The summed E-state index contributed by atoms with van der Waals surface area (Å²) in [4.78, 5) is 0. The monoisotopic (exact) mass is 378 g/mol. The molecule has 0 radical (unpaired) electrons. The molecular weight excluding hydrogens is 353 g/mol. The predicted molar refractivity (Wildman–Crippen MR) is 92.4 cm³/mol. The van der Waals surface area contributed by atoms with Crippen molar-refractivity contribution in [1.82, 2.24) is 4.72 Å². The fourth-order valence-corrected chi connectivity index (χ4v) is 3.72. The van der Waals surface area contributed by atoms with Crippen molar-refractivity contribution < 1.29 is 21.6 Å². The molecule has 0 aromatic heterocycles. The molecule has 0 atom stereocenters. The van der Waals surface area contributed by atoms with Crippen LogP contribution in [-0.2, 0) is 10.0 Å². The van der Waals surface area contributed by atoms with E-state index < -0.39 is 32.2 Å². The zero-order chi connectivity index (χ0) is 18.8. The number of rotatable bonds is 5. The van der Waals surface area contributed by atoms with E-state index in [4.69, 9.17) is 0 Å². The first-order valence-electron chi connectivity index (χ1n) is 8.40. The second kappa shape index (κ2) is 7.53. The van der Waals surface area contributed by atoms with Crippen LogP contribution >= 0.6 is 0 Å². The third-order valence-electron chi connectivity index (χ3n) is 4.57. The maximum Gasteiger partial charge on any atom is 0.216 e. The highest BCUT2D eigenvalue weighted by Gasteiger charge is 2.30. The van der Waals surface area contributed by atoms with Crippen LogP contribution in [0.2, 0.25) is 0 Å². The molecule has 1 aromatic carbocycles. The van der Waals surface area contributed by atoms with Crippen LogP contribution in [0.15, 0.2) is 12.1 Å². The molecule has 0 unspecified atom stereocenters. The van der Waals surface area contributed by atoms with E-state index >= 15 is 0 Å². The Bertz CT molecular complexity index is 686. The molecule has 0 saturated heterocycles. The normalized spacial score (nSPS) is 22.0. The molecule has 8 heteroatoms. The van der Waals surface area contributed by atoms with E-state index in [0.717, 1.165) is 37.8 Å². The minimum Gasteiger partial charge on any atom is -0.382 e. The van der Waals surface area contributed by atoms with Gasteiger partial charge in [-0.05, 0) is 52.4 Å². The van der Waals surface area contributed by atoms with E-state index in [1.165, 1.54) is 0 Å². The van der Waals surface area contributed by atoms with E-state index in [2.05, 4.69) is 10.0 Å². The van der Waals surface area contributed by atoms with Crippen molar-refractivity contribution in [3.05, 3.63) is 29.6 Å². The van der Waals surface area contributed by atoms with Gasteiger partial charge in [-0.3, -0.25) is 0 Å². The van der Waals surface area contributed by atoms with Crippen molar-refractivity contribution >= 4 is 15.7 Å². The largest absolute Gasteiger partial charge is 0.382 e. The highest BCUT2D eigenvalue weighted by atomic mass is 32.2. The molecule has 1 aliphatic rings. The van der Waals surface area contributed by atoms with Crippen molar-refractivity contribution in [2.75, 3.05) is 11.9 Å². The molecule has 4 nitrogen and oxygen atoms in total. The second-order valence-corrected chi connectivity index (χ2v) is 10.1. The predicted octanol–water partition coefficient (Wildman–Crippen LogP) is 3.79. The molecule has 25 heavy (non-hydrogen) atoms. The number of halogens is 3. The van der Waals surface area contributed by atoms with E-state index in [1.807, 2.05) is 0 Å². The van der Waals surface area contributed by atoms with Crippen LogP contribution in [0.5, 0.6) is 0 Å². The average molecular weight is 378 g/mol. The van der Waals surface area contributed by atoms with Gasteiger partial charge in [0.1, 0.15) is 0 Å². The van der Waals surface area contributed by atoms with Gasteiger partial charge in [-0.1, -0.05) is 0 Å². The Morgan fingerprint density at radius 2 is 1.56 bits per heavy atom. The first-order chi connectivity index (χ1) is 11.5. The highest BCUT2D eigenvalue weighted by molar-refractivity contribution is 7.90. The Morgan fingerprint density at radius 3 is 2.04 bits per heavy atom. The molecule has 0 spiro atoms. The fraction of sp³-hybridized carbons (Fsp3) is 0.647. The molecule has 1 aromatic rings. The topological polar surface area (TPSA) is 58.2 Å². The van der Waals surface area contributed by atoms with E-state index in [1.54, 1.807) is 20.8 Å². The first kappa shape index (κ1) is 20.0. The van der Waals surface area contributed by atoms with Crippen LogP contribution in [0, 0.1) is 23.4 Å². The maximum atomic E-state index is 13.2. The molecule has 1 aliphatic carbocycles. The Hall–Kier alpha value is -1.28. The Kier molecular flexibility index (Phi) is 6.04. The maximum absolute atomic E-state index is 13.2. The molecule has 142 valence electrons. The highest BCUT2D eigenvalue weighted by Crippen LogP contribution is 2.28. The zero-order valence-corrected chi connectivity index (χ0v) is 15.5. The van der Waals surface area contributed by atoms with Crippen molar-refractivity contribution in [1.29, 1.82) is 0 Å². The van der Waals surface area contributed by atoms with Gasteiger partial charge in [0.2, 0.25) is 10.0 Å². The van der Waals surface area contributed by atoms with Gasteiger partial charge in [0.25, 0.3) is 0 Å². The minimum atomic E-state index is -3.36. The Morgan fingerprint density at radius 1 is 1.04 bits per heavy atom. The summed E-state index contributed by atoms with van der Waals surface area (Å²) >= 11 is 0. The van der Waals surface area contributed by atoms with Crippen LogP contribution in [0.1, 0.15) is 46.5 Å². The fourth-order valence-electron chi connectivity index (χ4n) is 2.83. The van der Waals surface area contributed by atoms with Crippen LogP contribution in [0.3, 0.4) is 0 Å². The number of benzene rings is 1. The molecule has 2 rings (SSSR count). The van der Waals surface area contributed by atoms with Crippen molar-refractivity contribution in [3.63, 3.8) is 0 Å². The SMILES string of the molecule is CC(C)(C)S(=O)(=O)NC[C@H]1CC[C@H](Nc2cc(F)c(F)c(F)c2)CC1. The third kappa shape index (κ3) is 5.10. The zero-order valence-electron chi connectivity index (χ0n) is 14.7. The molecule has 1 saturated carbocycles. The lowest BCUT2D eigenvalue weighted by atomic mass is 9.86. The number of hydrogen-bond donors (Lipinski definition) is 2. The summed E-state index contributed by atoms with van der Waals surface area (Å²) in [7, 11) is -3.36. The van der Waals surface area contributed by atoms with E-state index in [0.29, 0.717) is 6.54 Å². The second-order valence-electron chi connectivity index (χ2n) is 7.58. The summed E-state index contributed by atoms with van der Waals surface area (Å²) in [6.07, 6.45) is 3.11. The first-order valence-corrected chi connectivity index (χ1v) is 9.88. The van der Waals surface area contributed by atoms with Crippen molar-refractivity contribution in [2.24, 2.45) is 5.92 Å². The summed E-state index contributed by atoms with van der Waals surface area (Å²) in [5, 5.41) is 3.02. The van der Waals surface area contributed by atoms with Gasteiger partial charge < -0.3 is 5.32 Å². The summed E-state index contributed by atoms with van der Waals surface area (Å²) < 4.78 is 65.4. The lowest BCUT2D eigenvalue weighted by Gasteiger charge is -2.30. The molecule has 2 N–H and O–H groups in total. The third-order valence-corrected chi connectivity index (χ3v) is 6.73. The summed E-state index contributed by atoms with van der Waals surface area (Å²) in [6.45, 7) is 5.34. The number of anilines is 1. The molecule has 0 aliphatic heterocycles. The van der Waals surface area contributed by atoms with Gasteiger partial charge in [-0.15, -0.1) is 0 Å². The molecule has 0 heterocycles.